The molecule has 0 radical (unpaired) electrons. The van der Waals surface area contributed by atoms with Crippen LogP contribution in [0.3, 0.4) is 0 Å². The molecule has 0 spiro atoms. The maximum Gasteiger partial charge on any atom is 0.231 e. The smallest absolute Gasteiger partial charge is 0.231 e. The van der Waals surface area contributed by atoms with Crippen molar-refractivity contribution in [2.75, 3.05) is 6.79 Å². The molecule has 4 aromatic rings. The molecule has 0 saturated heterocycles. The Morgan fingerprint density at radius 3 is 2.54 bits per heavy atom. The van der Waals surface area contributed by atoms with Crippen LogP contribution in [0.15, 0.2) is 59.0 Å². The summed E-state index contributed by atoms with van der Waals surface area (Å²) < 4.78 is 16.9. The topological polar surface area (TPSA) is 44.5 Å². The molecule has 4 heteroatoms. The van der Waals surface area contributed by atoms with Gasteiger partial charge in [-0.2, -0.15) is 0 Å². The van der Waals surface area contributed by atoms with E-state index in [9.17, 15) is 0 Å². The van der Waals surface area contributed by atoms with E-state index < -0.39 is 0 Å². The highest BCUT2D eigenvalue weighted by Crippen LogP contribution is 2.37. The van der Waals surface area contributed by atoms with Crippen LogP contribution in [-0.4, -0.2) is 11.8 Å². The van der Waals surface area contributed by atoms with E-state index >= 15 is 0 Å². The predicted molar refractivity (Wildman–Crippen MR) is 100 cm³/mol. The van der Waals surface area contributed by atoms with Crippen LogP contribution in [0.25, 0.3) is 33.7 Å². The number of rotatable bonds is 2. The quantitative estimate of drug-likeness (QED) is 0.481. The maximum absolute atomic E-state index is 6.08. The minimum Gasteiger partial charge on any atom is -0.454 e. The summed E-state index contributed by atoms with van der Waals surface area (Å²) in [7, 11) is 0. The Hall–Kier alpha value is -3.27. The second kappa shape index (κ2) is 5.63. The third-order valence-electron chi connectivity index (χ3n) is 4.72. The Morgan fingerprint density at radius 2 is 1.62 bits per heavy atom. The van der Waals surface area contributed by atoms with Gasteiger partial charge in [-0.15, -0.1) is 0 Å². The lowest BCUT2D eigenvalue weighted by molar-refractivity contribution is 0.174. The summed E-state index contributed by atoms with van der Waals surface area (Å²) in [4.78, 5) is 4.67. The Bertz CT molecular complexity index is 1140. The van der Waals surface area contributed by atoms with E-state index in [-0.39, 0.29) is 6.79 Å². The predicted octanol–water partition coefficient (Wildman–Crippen LogP) is 5.51. The molecule has 5 rings (SSSR count). The summed E-state index contributed by atoms with van der Waals surface area (Å²) in [5.74, 6) is 2.21. The van der Waals surface area contributed by atoms with E-state index in [1.54, 1.807) is 0 Å². The van der Waals surface area contributed by atoms with E-state index in [1.165, 1.54) is 5.56 Å². The molecule has 0 saturated carbocycles. The zero-order valence-electron chi connectivity index (χ0n) is 14.6. The van der Waals surface area contributed by atoms with Crippen LogP contribution < -0.4 is 9.47 Å². The monoisotopic (exact) mass is 343 g/mol. The summed E-state index contributed by atoms with van der Waals surface area (Å²) in [6.45, 7) is 4.42. The first-order valence-electron chi connectivity index (χ1n) is 8.56. The molecule has 3 aromatic carbocycles. The number of oxazole rings is 1. The van der Waals surface area contributed by atoms with Gasteiger partial charge >= 0.3 is 0 Å². The molecule has 0 unspecified atom stereocenters. The third-order valence-corrected chi connectivity index (χ3v) is 4.72. The van der Waals surface area contributed by atoms with E-state index in [4.69, 9.17) is 13.9 Å². The number of hydrogen-bond donors (Lipinski definition) is 0. The van der Waals surface area contributed by atoms with E-state index in [2.05, 4.69) is 43.1 Å². The van der Waals surface area contributed by atoms with Crippen LogP contribution in [0.2, 0.25) is 0 Å². The average molecular weight is 343 g/mol. The first-order chi connectivity index (χ1) is 12.7. The minimum atomic E-state index is 0.277. The molecule has 0 bridgehead atoms. The van der Waals surface area contributed by atoms with Gasteiger partial charge < -0.3 is 13.9 Å². The number of fused-ring (bicyclic) bond motifs is 2. The zero-order valence-corrected chi connectivity index (χ0v) is 14.6. The van der Waals surface area contributed by atoms with Crippen molar-refractivity contribution in [3.05, 3.63) is 65.7 Å². The van der Waals surface area contributed by atoms with Gasteiger partial charge in [-0.05, 0) is 60.9 Å². The molecule has 1 aliphatic rings. The molecule has 1 aromatic heterocycles. The summed E-state index contributed by atoms with van der Waals surface area (Å²) in [5, 5.41) is 0. The van der Waals surface area contributed by atoms with Crippen molar-refractivity contribution in [2.45, 2.75) is 13.8 Å². The Balaban J connectivity index is 1.59. The molecule has 0 N–H and O–H groups in total. The first kappa shape index (κ1) is 15.0. The van der Waals surface area contributed by atoms with Gasteiger partial charge in [-0.3, -0.25) is 0 Å². The molecule has 0 amide bonds. The van der Waals surface area contributed by atoms with Gasteiger partial charge in [0.2, 0.25) is 12.7 Å². The highest BCUT2D eigenvalue weighted by Gasteiger charge is 2.15. The number of benzene rings is 3. The second-order valence-corrected chi connectivity index (χ2v) is 6.59. The van der Waals surface area contributed by atoms with Crippen LogP contribution in [0.4, 0.5) is 0 Å². The van der Waals surface area contributed by atoms with Crippen LogP contribution in [-0.2, 0) is 0 Å². The molecule has 0 atom stereocenters. The van der Waals surface area contributed by atoms with Crippen LogP contribution >= 0.6 is 0 Å². The summed E-state index contributed by atoms with van der Waals surface area (Å²) >= 11 is 0. The number of aryl methyl sites for hydroxylation is 2. The minimum absolute atomic E-state index is 0.277. The Kier molecular flexibility index (Phi) is 3.25. The van der Waals surface area contributed by atoms with Crippen LogP contribution in [0, 0.1) is 13.8 Å². The summed E-state index contributed by atoms with van der Waals surface area (Å²) in [6.07, 6.45) is 0. The van der Waals surface area contributed by atoms with Gasteiger partial charge in [0.05, 0.1) is 0 Å². The second-order valence-electron chi connectivity index (χ2n) is 6.59. The number of ether oxygens (including phenoxy) is 2. The molecule has 26 heavy (non-hydrogen) atoms. The lowest BCUT2D eigenvalue weighted by Crippen LogP contribution is -1.92. The number of aromatic nitrogens is 1. The van der Waals surface area contributed by atoms with Crippen molar-refractivity contribution < 1.29 is 13.9 Å². The van der Waals surface area contributed by atoms with Crippen molar-refractivity contribution in [1.82, 2.24) is 4.98 Å². The van der Waals surface area contributed by atoms with Crippen LogP contribution in [0.5, 0.6) is 11.5 Å². The van der Waals surface area contributed by atoms with Crippen molar-refractivity contribution in [1.29, 1.82) is 0 Å². The van der Waals surface area contributed by atoms with Gasteiger partial charge in [-0.25, -0.2) is 4.98 Å². The van der Waals surface area contributed by atoms with Gasteiger partial charge in [0, 0.05) is 5.56 Å². The normalized spacial score (nSPS) is 12.7. The van der Waals surface area contributed by atoms with Crippen molar-refractivity contribution in [3.63, 3.8) is 0 Å². The van der Waals surface area contributed by atoms with Crippen molar-refractivity contribution in [2.24, 2.45) is 0 Å². The SMILES string of the molecule is Cc1ccc(C)c(-c2nc3ccc(-c4ccc5c(c4)OCO5)cc3o2)c1. The highest BCUT2D eigenvalue weighted by atomic mass is 16.7. The third kappa shape index (κ3) is 2.42. The molecule has 2 heterocycles. The first-order valence-corrected chi connectivity index (χ1v) is 8.56. The van der Waals surface area contributed by atoms with Crippen molar-refractivity contribution >= 4 is 11.1 Å². The Labute approximate surface area is 151 Å². The van der Waals surface area contributed by atoms with Crippen molar-refractivity contribution in [3.8, 4) is 34.1 Å². The summed E-state index contributed by atoms with van der Waals surface area (Å²) in [6, 6.07) is 18.3. The largest absolute Gasteiger partial charge is 0.454 e. The lowest BCUT2D eigenvalue weighted by atomic mass is 10.0. The van der Waals surface area contributed by atoms with Gasteiger partial charge in [0.15, 0.2) is 17.1 Å². The molecule has 4 nitrogen and oxygen atoms in total. The van der Waals surface area contributed by atoms with Gasteiger partial charge in [0.1, 0.15) is 5.52 Å². The lowest BCUT2D eigenvalue weighted by Gasteiger charge is -2.03. The van der Waals surface area contributed by atoms with E-state index in [0.717, 1.165) is 44.9 Å². The molecule has 1 aliphatic heterocycles. The van der Waals surface area contributed by atoms with Gasteiger partial charge in [0.25, 0.3) is 0 Å². The molecule has 0 fully saturated rings. The fourth-order valence-electron chi connectivity index (χ4n) is 3.26. The van der Waals surface area contributed by atoms with Crippen LogP contribution in [0.1, 0.15) is 11.1 Å². The van der Waals surface area contributed by atoms with Gasteiger partial charge in [-0.1, -0.05) is 29.8 Å². The fourth-order valence-corrected chi connectivity index (χ4v) is 3.26. The average Bonchev–Trinajstić information content (AvgIpc) is 3.28. The molecule has 0 aliphatic carbocycles. The van der Waals surface area contributed by atoms with E-state index in [0.29, 0.717) is 5.89 Å². The molecular weight excluding hydrogens is 326 g/mol. The Morgan fingerprint density at radius 1 is 0.808 bits per heavy atom. The molecule has 128 valence electrons. The molecular formula is C22H17NO3. The standard InChI is InChI=1S/C22H17NO3/c1-13-3-4-14(2)17(9-13)22-23-18-7-5-15(10-20(18)26-22)16-6-8-19-21(11-16)25-12-24-19/h3-11H,12H2,1-2H3. The fraction of sp³-hybridized carbons (Fsp3) is 0.136. The van der Waals surface area contributed by atoms with E-state index in [1.807, 2.05) is 30.3 Å². The highest BCUT2D eigenvalue weighted by molar-refractivity contribution is 5.83. The maximum atomic E-state index is 6.08. The number of hydrogen-bond acceptors (Lipinski definition) is 4. The number of nitrogens with zero attached hydrogens (tertiary/aromatic N) is 1. The zero-order chi connectivity index (χ0) is 17.7. The summed E-state index contributed by atoms with van der Waals surface area (Å²) in [5.41, 5.74) is 7.11.